The summed E-state index contributed by atoms with van der Waals surface area (Å²) < 4.78 is 7.47. The molecule has 1 aromatic heterocycles. The highest BCUT2D eigenvalue weighted by molar-refractivity contribution is 5.92. The van der Waals surface area contributed by atoms with Crippen molar-refractivity contribution in [2.45, 2.75) is 38.3 Å². The van der Waals surface area contributed by atoms with Crippen LogP contribution < -0.4 is 10.6 Å². The summed E-state index contributed by atoms with van der Waals surface area (Å²) in [5.74, 6) is 1.14. The van der Waals surface area contributed by atoms with Gasteiger partial charge in [0, 0.05) is 18.8 Å². The van der Waals surface area contributed by atoms with Crippen LogP contribution in [0.25, 0.3) is 0 Å². The van der Waals surface area contributed by atoms with E-state index in [1.807, 2.05) is 16.9 Å². The van der Waals surface area contributed by atoms with E-state index < -0.39 is 6.10 Å². The highest BCUT2D eigenvalue weighted by Crippen LogP contribution is 2.29. The maximum absolute atomic E-state index is 12.0. The topological polar surface area (TPSA) is 68.2 Å². The van der Waals surface area contributed by atoms with E-state index in [1.54, 1.807) is 6.92 Å². The SMILES string of the molecule is C[C@@H](OCC1CC1)C(=O)Nc1ccn([C@H]2CCNC2)n1. The summed E-state index contributed by atoms with van der Waals surface area (Å²) in [4.78, 5) is 12.0. The largest absolute Gasteiger partial charge is 0.368 e. The molecule has 1 aromatic rings. The first-order valence-electron chi connectivity index (χ1n) is 7.40. The number of ether oxygens (including phenoxy) is 1. The van der Waals surface area contributed by atoms with Crippen molar-refractivity contribution in [1.82, 2.24) is 15.1 Å². The van der Waals surface area contributed by atoms with Crippen molar-refractivity contribution >= 4 is 11.7 Å². The first kappa shape index (κ1) is 13.6. The van der Waals surface area contributed by atoms with Crippen molar-refractivity contribution in [2.24, 2.45) is 5.92 Å². The molecule has 1 amide bonds. The third-order valence-electron chi connectivity index (χ3n) is 3.92. The number of rotatable bonds is 6. The molecule has 0 bridgehead atoms. The van der Waals surface area contributed by atoms with Gasteiger partial charge < -0.3 is 15.4 Å². The number of carbonyl (C=O) groups excluding carboxylic acids is 1. The number of aromatic nitrogens is 2. The van der Waals surface area contributed by atoms with Crippen LogP contribution in [0.2, 0.25) is 0 Å². The Balaban J connectivity index is 1.49. The van der Waals surface area contributed by atoms with E-state index in [-0.39, 0.29) is 5.91 Å². The normalized spacial score (nSPS) is 23.8. The summed E-state index contributed by atoms with van der Waals surface area (Å²) in [6, 6.07) is 2.23. The van der Waals surface area contributed by atoms with E-state index in [2.05, 4.69) is 15.7 Å². The van der Waals surface area contributed by atoms with E-state index in [0.29, 0.717) is 24.4 Å². The number of nitrogens with one attached hydrogen (secondary N) is 2. The summed E-state index contributed by atoms with van der Waals surface area (Å²) in [6.07, 6.45) is 5.04. The average Bonchev–Trinajstić information content (AvgIpc) is 2.92. The molecule has 6 nitrogen and oxygen atoms in total. The molecule has 0 spiro atoms. The molecule has 0 radical (unpaired) electrons. The number of anilines is 1. The van der Waals surface area contributed by atoms with Gasteiger partial charge in [-0.1, -0.05) is 0 Å². The lowest BCUT2D eigenvalue weighted by Gasteiger charge is -2.12. The molecule has 110 valence electrons. The van der Waals surface area contributed by atoms with Gasteiger partial charge in [0.15, 0.2) is 5.82 Å². The number of amides is 1. The lowest BCUT2D eigenvalue weighted by atomic mass is 10.3. The molecule has 2 heterocycles. The zero-order valence-corrected chi connectivity index (χ0v) is 11.8. The summed E-state index contributed by atoms with van der Waals surface area (Å²) >= 11 is 0. The zero-order valence-electron chi connectivity index (χ0n) is 11.8. The molecule has 0 aromatic carbocycles. The maximum Gasteiger partial charge on any atom is 0.254 e. The predicted molar refractivity (Wildman–Crippen MR) is 75.5 cm³/mol. The van der Waals surface area contributed by atoms with Crippen molar-refractivity contribution in [3.05, 3.63) is 12.3 Å². The third-order valence-corrected chi connectivity index (χ3v) is 3.92. The van der Waals surface area contributed by atoms with Crippen LogP contribution >= 0.6 is 0 Å². The van der Waals surface area contributed by atoms with Crippen LogP contribution in [0.1, 0.15) is 32.2 Å². The number of nitrogens with zero attached hydrogens (tertiary/aromatic N) is 2. The van der Waals surface area contributed by atoms with E-state index in [0.717, 1.165) is 19.5 Å². The Morgan fingerprint density at radius 2 is 2.45 bits per heavy atom. The fourth-order valence-corrected chi connectivity index (χ4v) is 2.34. The van der Waals surface area contributed by atoms with Gasteiger partial charge in [-0.05, 0) is 38.6 Å². The smallest absolute Gasteiger partial charge is 0.254 e. The average molecular weight is 278 g/mol. The molecule has 2 atom stereocenters. The minimum atomic E-state index is -0.422. The summed E-state index contributed by atoms with van der Waals surface area (Å²) in [5.41, 5.74) is 0. The second kappa shape index (κ2) is 5.93. The Morgan fingerprint density at radius 1 is 1.60 bits per heavy atom. The standard InChI is InChI=1S/C14H22N4O2/c1-10(20-9-11-2-3-11)14(19)16-13-5-7-18(17-13)12-4-6-15-8-12/h5,7,10-12,15H,2-4,6,8-9H2,1H3,(H,16,17,19)/t10-,12+/m1/s1. The molecule has 20 heavy (non-hydrogen) atoms. The highest BCUT2D eigenvalue weighted by Gasteiger charge is 2.24. The number of hydrogen-bond donors (Lipinski definition) is 2. The van der Waals surface area contributed by atoms with E-state index in [9.17, 15) is 4.79 Å². The van der Waals surface area contributed by atoms with Gasteiger partial charge in [0.1, 0.15) is 6.10 Å². The van der Waals surface area contributed by atoms with Gasteiger partial charge in [-0.3, -0.25) is 9.48 Å². The minimum absolute atomic E-state index is 0.125. The molecule has 2 aliphatic rings. The third kappa shape index (κ3) is 3.37. The second-order valence-corrected chi connectivity index (χ2v) is 5.74. The van der Waals surface area contributed by atoms with Crippen molar-refractivity contribution < 1.29 is 9.53 Å². The maximum atomic E-state index is 12.0. The Hall–Kier alpha value is -1.40. The van der Waals surface area contributed by atoms with Crippen LogP contribution in [0.15, 0.2) is 12.3 Å². The number of hydrogen-bond acceptors (Lipinski definition) is 4. The molecule has 1 aliphatic heterocycles. The summed E-state index contributed by atoms with van der Waals surface area (Å²) in [5, 5.41) is 10.5. The quantitative estimate of drug-likeness (QED) is 0.819. The molecular weight excluding hydrogens is 256 g/mol. The van der Waals surface area contributed by atoms with Gasteiger partial charge >= 0.3 is 0 Å². The van der Waals surface area contributed by atoms with Crippen molar-refractivity contribution in [3.8, 4) is 0 Å². The van der Waals surface area contributed by atoms with Crippen LogP contribution in [0.4, 0.5) is 5.82 Å². The summed E-state index contributed by atoms with van der Waals surface area (Å²) in [6.45, 7) is 4.45. The van der Waals surface area contributed by atoms with Gasteiger partial charge in [-0.15, -0.1) is 0 Å². The van der Waals surface area contributed by atoms with Crippen LogP contribution in [0, 0.1) is 5.92 Å². The molecule has 1 saturated heterocycles. The fourth-order valence-electron chi connectivity index (χ4n) is 2.34. The highest BCUT2D eigenvalue weighted by atomic mass is 16.5. The Labute approximate surface area is 118 Å². The van der Waals surface area contributed by atoms with Crippen molar-refractivity contribution in [1.29, 1.82) is 0 Å². The van der Waals surface area contributed by atoms with Crippen molar-refractivity contribution in [2.75, 3.05) is 25.0 Å². The van der Waals surface area contributed by atoms with E-state index in [4.69, 9.17) is 4.74 Å². The van der Waals surface area contributed by atoms with Crippen LogP contribution in [-0.2, 0) is 9.53 Å². The van der Waals surface area contributed by atoms with Crippen LogP contribution in [0.5, 0.6) is 0 Å². The van der Waals surface area contributed by atoms with E-state index in [1.165, 1.54) is 12.8 Å². The monoisotopic (exact) mass is 278 g/mol. The first-order chi connectivity index (χ1) is 9.72. The van der Waals surface area contributed by atoms with Crippen molar-refractivity contribution in [3.63, 3.8) is 0 Å². The molecule has 1 aliphatic carbocycles. The molecule has 3 rings (SSSR count). The molecule has 6 heteroatoms. The number of carbonyl (C=O) groups is 1. The molecular formula is C14H22N4O2. The lowest BCUT2D eigenvalue weighted by molar-refractivity contribution is -0.126. The van der Waals surface area contributed by atoms with Gasteiger partial charge in [0.25, 0.3) is 5.91 Å². The van der Waals surface area contributed by atoms with Gasteiger partial charge in [-0.25, -0.2) is 0 Å². The van der Waals surface area contributed by atoms with E-state index >= 15 is 0 Å². The predicted octanol–water partition coefficient (Wildman–Crippen LogP) is 1.17. The Kier molecular flexibility index (Phi) is 4.03. The second-order valence-electron chi connectivity index (χ2n) is 5.74. The minimum Gasteiger partial charge on any atom is -0.368 e. The molecule has 2 N–H and O–H groups in total. The Bertz CT molecular complexity index is 463. The van der Waals surface area contributed by atoms with Gasteiger partial charge in [0.2, 0.25) is 0 Å². The molecule has 1 saturated carbocycles. The Morgan fingerprint density at radius 3 is 3.15 bits per heavy atom. The first-order valence-corrected chi connectivity index (χ1v) is 7.40. The van der Waals surface area contributed by atoms with Gasteiger partial charge in [0.05, 0.1) is 12.6 Å². The van der Waals surface area contributed by atoms with Crippen LogP contribution in [0.3, 0.4) is 0 Å². The van der Waals surface area contributed by atoms with Gasteiger partial charge in [-0.2, -0.15) is 5.10 Å². The fraction of sp³-hybridized carbons (Fsp3) is 0.714. The van der Waals surface area contributed by atoms with Crippen LogP contribution in [-0.4, -0.2) is 41.5 Å². The molecule has 2 fully saturated rings. The zero-order chi connectivity index (χ0) is 13.9. The molecule has 0 unspecified atom stereocenters. The lowest BCUT2D eigenvalue weighted by Crippen LogP contribution is -2.28. The summed E-state index contributed by atoms with van der Waals surface area (Å²) in [7, 11) is 0.